The summed E-state index contributed by atoms with van der Waals surface area (Å²) in [6.45, 7) is 6.01. The molecule has 0 unspecified atom stereocenters. The summed E-state index contributed by atoms with van der Waals surface area (Å²) in [7, 11) is -2.15. The van der Waals surface area contributed by atoms with Gasteiger partial charge in [-0.3, -0.25) is 9.59 Å². The maximum atomic E-state index is 12.6. The van der Waals surface area contributed by atoms with Gasteiger partial charge >= 0.3 is 5.97 Å². The number of hydrogen-bond donors (Lipinski definition) is 0. The van der Waals surface area contributed by atoms with E-state index in [1.807, 2.05) is 25.1 Å². The first-order chi connectivity index (χ1) is 15.6. The summed E-state index contributed by atoms with van der Waals surface area (Å²) in [6, 6.07) is 12.6. The van der Waals surface area contributed by atoms with Gasteiger partial charge in [-0.2, -0.15) is 4.99 Å². The molecule has 1 amide bonds. The van der Waals surface area contributed by atoms with Gasteiger partial charge in [0, 0.05) is 6.42 Å². The highest BCUT2D eigenvalue weighted by atomic mass is 32.2. The number of carbonyl (C=O) groups is 2. The average Bonchev–Trinajstić information content (AvgIpc) is 3.09. The zero-order chi connectivity index (χ0) is 24.2. The third-order valence-corrected chi connectivity index (χ3v) is 8.15. The molecule has 0 saturated carbocycles. The number of thiazole rings is 1. The van der Waals surface area contributed by atoms with Gasteiger partial charge in [-0.05, 0) is 49.1 Å². The van der Waals surface area contributed by atoms with Crippen LogP contribution in [0, 0.1) is 6.92 Å². The predicted octanol–water partition coefficient (Wildman–Crippen LogP) is 3.99. The molecule has 33 heavy (non-hydrogen) atoms. The van der Waals surface area contributed by atoms with Crippen molar-refractivity contribution in [2.75, 3.05) is 12.9 Å². The van der Waals surface area contributed by atoms with Crippen LogP contribution in [0.3, 0.4) is 0 Å². The lowest BCUT2D eigenvalue weighted by atomic mass is 10.0. The zero-order valence-electron chi connectivity index (χ0n) is 19.2. The van der Waals surface area contributed by atoms with Crippen molar-refractivity contribution < 1.29 is 22.7 Å². The Morgan fingerprint density at radius 2 is 1.82 bits per heavy atom. The summed E-state index contributed by atoms with van der Waals surface area (Å²) in [5.41, 5.74) is 2.92. The summed E-state index contributed by atoms with van der Waals surface area (Å²) in [4.78, 5) is 29.3. The SMILES string of the molecule is COC(=O)Cn1c(=NC(=O)CCCS(=O)(=O)c2ccc(C)cc2)sc2cc(C(C)C)ccc21. The van der Waals surface area contributed by atoms with E-state index in [1.54, 1.807) is 28.8 Å². The van der Waals surface area contributed by atoms with E-state index in [-0.39, 0.29) is 30.0 Å². The minimum atomic E-state index is -3.46. The maximum Gasteiger partial charge on any atom is 0.325 e. The zero-order valence-corrected chi connectivity index (χ0v) is 20.8. The molecule has 0 spiro atoms. The molecule has 0 fully saturated rings. The second-order valence-corrected chi connectivity index (χ2v) is 11.3. The summed E-state index contributed by atoms with van der Waals surface area (Å²) in [6.07, 6.45) is 0.159. The Labute approximate surface area is 197 Å². The number of fused-ring (bicyclic) bond motifs is 1. The standard InChI is InChI=1S/C24H28N2O5S2/c1-16(2)18-9-12-20-21(14-18)32-24(26(20)15-23(28)31-4)25-22(27)6-5-13-33(29,30)19-10-7-17(3)8-11-19/h7-12,14,16H,5-6,13,15H2,1-4H3. The van der Waals surface area contributed by atoms with Gasteiger partial charge in [0.25, 0.3) is 0 Å². The normalized spacial score (nSPS) is 12.5. The van der Waals surface area contributed by atoms with E-state index in [0.29, 0.717) is 10.7 Å². The molecule has 0 radical (unpaired) electrons. The Kier molecular flexibility index (Phi) is 7.86. The van der Waals surface area contributed by atoms with Crippen molar-refractivity contribution in [1.82, 2.24) is 4.57 Å². The molecule has 176 valence electrons. The van der Waals surface area contributed by atoms with Crippen LogP contribution in [-0.4, -0.2) is 37.7 Å². The number of hydrogen-bond acceptors (Lipinski definition) is 6. The Hall–Kier alpha value is -2.78. The molecule has 7 nitrogen and oxygen atoms in total. The first-order valence-electron chi connectivity index (χ1n) is 10.7. The van der Waals surface area contributed by atoms with Crippen molar-refractivity contribution >= 4 is 43.3 Å². The van der Waals surface area contributed by atoms with E-state index in [4.69, 9.17) is 4.74 Å². The van der Waals surface area contributed by atoms with E-state index in [0.717, 1.165) is 21.3 Å². The largest absolute Gasteiger partial charge is 0.468 e. The summed E-state index contributed by atoms with van der Waals surface area (Å²) >= 11 is 1.32. The van der Waals surface area contributed by atoms with Gasteiger partial charge in [0.2, 0.25) is 5.91 Å². The van der Waals surface area contributed by atoms with E-state index in [9.17, 15) is 18.0 Å². The van der Waals surface area contributed by atoms with E-state index < -0.39 is 21.7 Å². The molecule has 0 saturated heterocycles. The van der Waals surface area contributed by atoms with Crippen LogP contribution in [0.15, 0.2) is 52.4 Å². The van der Waals surface area contributed by atoms with E-state index in [1.165, 1.54) is 18.4 Å². The van der Waals surface area contributed by atoms with Crippen LogP contribution < -0.4 is 4.80 Å². The monoisotopic (exact) mass is 488 g/mol. The molecule has 1 heterocycles. The van der Waals surface area contributed by atoms with Gasteiger partial charge in [-0.25, -0.2) is 8.42 Å². The van der Waals surface area contributed by atoms with Crippen molar-refractivity contribution in [1.29, 1.82) is 0 Å². The topological polar surface area (TPSA) is 94.8 Å². The number of nitrogens with zero attached hydrogens (tertiary/aromatic N) is 2. The van der Waals surface area contributed by atoms with Gasteiger partial charge in [-0.1, -0.05) is 48.9 Å². The summed E-state index contributed by atoms with van der Waals surface area (Å²) in [5, 5.41) is 0. The number of methoxy groups -OCH3 is 1. The summed E-state index contributed by atoms with van der Waals surface area (Å²) in [5.74, 6) is -0.670. The van der Waals surface area contributed by atoms with Crippen LogP contribution in [0.25, 0.3) is 10.2 Å². The smallest absolute Gasteiger partial charge is 0.325 e. The van der Waals surface area contributed by atoms with Crippen molar-refractivity contribution in [3.05, 3.63) is 58.4 Å². The second-order valence-electron chi connectivity index (χ2n) is 8.17. The highest BCUT2D eigenvalue weighted by molar-refractivity contribution is 7.91. The van der Waals surface area contributed by atoms with Crippen LogP contribution in [0.5, 0.6) is 0 Å². The molecule has 9 heteroatoms. The van der Waals surface area contributed by atoms with Crippen molar-refractivity contribution in [3.8, 4) is 0 Å². The first kappa shape index (κ1) is 24.9. The van der Waals surface area contributed by atoms with Crippen LogP contribution >= 0.6 is 11.3 Å². The Morgan fingerprint density at radius 3 is 2.45 bits per heavy atom. The van der Waals surface area contributed by atoms with Crippen molar-refractivity contribution in [2.24, 2.45) is 4.99 Å². The Bertz CT molecular complexity index is 1330. The molecule has 0 aliphatic carbocycles. The molecule has 0 atom stereocenters. The summed E-state index contributed by atoms with van der Waals surface area (Å²) < 4.78 is 32.4. The lowest BCUT2D eigenvalue weighted by Crippen LogP contribution is -2.22. The minimum Gasteiger partial charge on any atom is -0.468 e. The van der Waals surface area contributed by atoms with Crippen LogP contribution in [0.1, 0.15) is 43.7 Å². The van der Waals surface area contributed by atoms with Crippen LogP contribution in [-0.2, 0) is 30.7 Å². The molecule has 0 bridgehead atoms. The number of amides is 1. The van der Waals surface area contributed by atoms with E-state index in [2.05, 4.69) is 18.8 Å². The van der Waals surface area contributed by atoms with Crippen LogP contribution in [0.2, 0.25) is 0 Å². The second kappa shape index (κ2) is 10.4. The molecule has 3 rings (SSSR count). The number of ether oxygens (including phenoxy) is 1. The Morgan fingerprint density at radius 1 is 1.12 bits per heavy atom. The van der Waals surface area contributed by atoms with Gasteiger partial charge in [0.05, 0.1) is 28.0 Å². The fourth-order valence-corrected chi connectivity index (χ4v) is 5.73. The number of sulfone groups is 1. The van der Waals surface area contributed by atoms with E-state index >= 15 is 0 Å². The molecule has 0 aliphatic heterocycles. The van der Waals surface area contributed by atoms with Gasteiger partial charge in [0.15, 0.2) is 14.6 Å². The first-order valence-corrected chi connectivity index (χ1v) is 13.1. The van der Waals surface area contributed by atoms with Gasteiger partial charge < -0.3 is 9.30 Å². The number of aryl methyl sites for hydroxylation is 1. The minimum absolute atomic E-state index is 0.00515. The quantitative estimate of drug-likeness (QED) is 0.447. The number of aromatic nitrogens is 1. The molecular weight excluding hydrogens is 460 g/mol. The predicted molar refractivity (Wildman–Crippen MR) is 129 cm³/mol. The maximum absolute atomic E-state index is 12.6. The molecule has 0 N–H and O–H groups in total. The highest BCUT2D eigenvalue weighted by Gasteiger charge is 2.16. The number of carbonyl (C=O) groups excluding carboxylic acids is 2. The molecule has 1 aromatic heterocycles. The number of rotatable bonds is 8. The molecular formula is C24H28N2O5S2. The average molecular weight is 489 g/mol. The fraction of sp³-hybridized carbons (Fsp3) is 0.375. The van der Waals surface area contributed by atoms with Gasteiger partial charge in [-0.15, -0.1) is 0 Å². The molecule has 0 aliphatic rings. The number of esters is 1. The molecule has 3 aromatic rings. The van der Waals surface area contributed by atoms with Gasteiger partial charge in [0.1, 0.15) is 6.54 Å². The fourth-order valence-electron chi connectivity index (χ4n) is 3.32. The van der Waals surface area contributed by atoms with Crippen LogP contribution in [0.4, 0.5) is 0 Å². The Balaban J connectivity index is 1.81. The van der Waals surface area contributed by atoms with Crippen molar-refractivity contribution in [3.63, 3.8) is 0 Å². The number of benzene rings is 2. The molecule has 2 aromatic carbocycles. The lowest BCUT2D eigenvalue weighted by Gasteiger charge is -2.06. The highest BCUT2D eigenvalue weighted by Crippen LogP contribution is 2.24. The van der Waals surface area contributed by atoms with Crippen molar-refractivity contribution in [2.45, 2.75) is 51.0 Å². The lowest BCUT2D eigenvalue weighted by molar-refractivity contribution is -0.141. The third kappa shape index (κ3) is 6.17. The third-order valence-electron chi connectivity index (χ3n) is 5.29.